The van der Waals surface area contributed by atoms with Crippen LogP contribution in [0.15, 0.2) is 35.5 Å². The highest BCUT2D eigenvalue weighted by molar-refractivity contribution is 5.82. The summed E-state index contributed by atoms with van der Waals surface area (Å²) in [4.78, 5) is 13.5. The van der Waals surface area contributed by atoms with E-state index < -0.39 is 0 Å². The van der Waals surface area contributed by atoms with Crippen LogP contribution in [0.2, 0.25) is 0 Å². The Morgan fingerprint density at radius 3 is 2.88 bits per heavy atom. The van der Waals surface area contributed by atoms with E-state index in [1.165, 1.54) is 16.9 Å². The van der Waals surface area contributed by atoms with Gasteiger partial charge in [-0.2, -0.15) is 0 Å². The van der Waals surface area contributed by atoms with Gasteiger partial charge in [-0.15, -0.1) is 0 Å². The van der Waals surface area contributed by atoms with Crippen molar-refractivity contribution in [2.24, 2.45) is 0 Å². The molecule has 88 valence electrons. The lowest BCUT2D eigenvalue weighted by atomic mass is 9.72. The lowest BCUT2D eigenvalue weighted by molar-refractivity contribution is -0.105. The Hall–Kier alpha value is -1.57. The molecule has 1 aromatic carbocycles. The fraction of sp³-hybridized carbons (Fsp3) is 0.400. The van der Waals surface area contributed by atoms with Gasteiger partial charge in [-0.1, -0.05) is 18.2 Å². The summed E-state index contributed by atoms with van der Waals surface area (Å²) in [5.41, 5.74) is 4.88. The van der Waals surface area contributed by atoms with Gasteiger partial charge in [0.25, 0.3) is 0 Å². The van der Waals surface area contributed by atoms with Crippen molar-refractivity contribution < 1.29 is 4.79 Å². The van der Waals surface area contributed by atoms with Crippen LogP contribution in [-0.4, -0.2) is 13.3 Å². The Bertz CT molecular complexity index is 517. The minimum Gasteiger partial charge on any atom is -0.347 e. The molecule has 2 aliphatic rings. The van der Waals surface area contributed by atoms with Gasteiger partial charge in [0.2, 0.25) is 0 Å². The number of carbonyl (C=O) groups is 1. The van der Waals surface area contributed by atoms with Gasteiger partial charge in [0.15, 0.2) is 0 Å². The number of hydrogen-bond acceptors (Lipinski definition) is 2. The van der Waals surface area contributed by atoms with Gasteiger partial charge in [0, 0.05) is 29.4 Å². The molecule has 3 rings (SSSR count). The van der Waals surface area contributed by atoms with Gasteiger partial charge in [-0.3, -0.25) is 4.79 Å². The van der Waals surface area contributed by atoms with Crippen molar-refractivity contribution in [1.29, 1.82) is 0 Å². The van der Waals surface area contributed by atoms with E-state index in [9.17, 15) is 4.79 Å². The highest BCUT2D eigenvalue weighted by Crippen LogP contribution is 2.53. The van der Waals surface area contributed by atoms with Crippen molar-refractivity contribution in [1.82, 2.24) is 0 Å². The van der Waals surface area contributed by atoms with Crippen LogP contribution in [0.4, 0.5) is 5.69 Å². The molecule has 1 atom stereocenters. The molecule has 0 bridgehead atoms. The summed E-state index contributed by atoms with van der Waals surface area (Å²) in [7, 11) is 2.08. The number of hydrogen-bond donors (Lipinski definition) is 0. The normalized spacial score (nSPS) is 26.8. The van der Waals surface area contributed by atoms with E-state index in [1.54, 1.807) is 0 Å². The lowest BCUT2D eigenvalue weighted by Gasteiger charge is -2.34. The number of rotatable bonds is 1. The summed E-state index contributed by atoms with van der Waals surface area (Å²) in [5, 5.41) is 0. The molecule has 2 nitrogen and oxygen atoms in total. The molecule has 1 aliphatic carbocycles. The van der Waals surface area contributed by atoms with Gasteiger partial charge in [0.1, 0.15) is 6.29 Å². The van der Waals surface area contributed by atoms with Gasteiger partial charge < -0.3 is 4.90 Å². The maximum atomic E-state index is 11.3. The summed E-state index contributed by atoms with van der Waals surface area (Å²) in [5.74, 6) is 0. The number of anilines is 1. The average molecular weight is 227 g/mol. The molecule has 0 saturated carbocycles. The van der Waals surface area contributed by atoms with E-state index in [0.29, 0.717) is 0 Å². The number of aldehydes is 1. The van der Waals surface area contributed by atoms with Crippen LogP contribution in [-0.2, 0) is 10.2 Å². The first-order chi connectivity index (χ1) is 8.18. The summed E-state index contributed by atoms with van der Waals surface area (Å²) < 4.78 is 0. The molecular formula is C15H17NO. The van der Waals surface area contributed by atoms with Crippen molar-refractivity contribution in [2.75, 3.05) is 11.9 Å². The van der Waals surface area contributed by atoms with Crippen LogP contribution in [0.25, 0.3) is 0 Å². The first kappa shape index (κ1) is 10.6. The highest BCUT2D eigenvalue weighted by atomic mass is 16.1. The Morgan fingerprint density at radius 1 is 1.35 bits per heavy atom. The van der Waals surface area contributed by atoms with E-state index in [4.69, 9.17) is 0 Å². The summed E-state index contributed by atoms with van der Waals surface area (Å²) >= 11 is 0. The minimum atomic E-state index is 0.0415. The monoisotopic (exact) mass is 227 g/mol. The molecule has 17 heavy (non-hydrogen) atoms. The molecule has 0 spiro atoms. The topological polar surface area (TPSA) is 20.3 Å². The van der Waals surface area contributed by atoms with Crippen molar-refractivity contribution in [3.05, 3.63) is 41.1 Å². The fourth-order valence-corrected chi connectivity index (χ4v) is 3.54. The van der Waals surface area contributed by atoms with Crippen molar-refractivity contribution in [3.63, 3.8) is 0 Å². The standard InChI is InChI=1S/C15H17NO/c1-15-9-5-6-11(10-17)14(15)16(2)13-8-4-3-7-12(13)15/h3-4,7-8,10H,5-6,9H2,1-2H3. The molecular weight excluding hydrogens is 210 g/mol. The predicted molar refractivity (Wildman–Crippen MR) is 69.1 cm³/mol. The summed E-state index contributed by atoms with van der Waals surface area (Å²) in [6.07, 6.45) is 4.22. The second-order valence-corrected chi connectivity index (χ2v) is 5.25. The van der Waals surface area contributed by atoms with Crippen LogP contribution in [0.5, 0.6) is 0 Å². The second kappa shape index (κ2) is 3.46. The summed E-state index contributed by atoms with van der Waals surface area (Å²) in [6.45, 7) is 2.27. The molecule has 0 aromatic heterocycles. The molecule has 1 aliphatic heterocycles. The molecule has 0 radical (unpaired) electrons. The zero-order valence-corrected chi connectivity index (χ0v) is 10.4. The predicted octanol–water partition coefficient (Wildman–Crippen LogP) is 3.03. The molecule has 0 N–H and O–H groups in total. The molecule has 2 heteroatoms. The third-order valence-electron chi connectivity index (χ3n) is 4.29. The Morgan fingerprint density at radius 2 is 2.12 bits per heavy atom. The Labute approximate surface area is 102 Å². The number of allylic oxidation sites excluding steroid dienone is 2. The van der Waals surface area contributed by atoms with E-state index in [0.717, 1.165) is 31.1 Å². The van der Waals surface area contributed by atoms with Crippen LogP contribution in [0.3, 0.4) is 0 Å². The van der Waals surface area contributed by atoms with Gasteiger partial charge >= 0.3 is 0 Å². The number of likely N-dealkylation sites (N-methyl/N-ethyl adjacent to an activating group) is 1. The number of benzene rings is 1. The minimum absolute atomic E-state index is 0.0415. The van der Waals surface area contributed by atoms with Crippen molar-refractivity contribution >= 4 is 12.0 Å². The van der Waals surface area contributed by atoms with Crippen LogP contribution < -0.4 is 4.90 Å². The molecule has 0 saturated heterocycles. The van der Waals surface area contributed by atoms with Crippen molar-refractivity contribution in [2.45, 2.75) is 31.6 Å². The molecule has 1 unspecified atom stereocenters. The fourth-order valence-electron chi connectivity index (χ4n) is 3.54. The number of nitrogens with zero attached hydrogens (tertiary/aromatic N) is 1. The first-order valence-corrected chi connectivity index (χ1v) is 6.20. The third kappa shape index (κ3) is 1.24. The van der Waals surface area contributed by atoms with E-state index in [2.05, 4.69) is 43.1 Å². The number of fused-ring (bicyclic) bond motifs is 3. The SMILES string of the molecule is CN1C2=C(C=O)CCCC2(C)c2ccccc21. The van der Waals surface area contributed by atoms with Crippen LogP contribution >= 0.6 is 0 Å². The van der Waals surface area contributed by atoms with Gasteiger partial charge in [-0.05, 0) is 37.8 Å². The number of para-hydroxylation sites is 1. The van der Waals surface area contributed by atoms with Gasteiger partial charge in [-0.25, -0.2) is 0 Å². The molecule has 1 heterocycles. The second-order valence-electron chi connectivity index (χ2n) is 5.25. The highest BCUT2D eigenvalue weighted by Gasteiger charge is 2.44. The first-order valence-electron chi connectivity index (χ1n) is 6.20. The van der Waals surface area contributed by atoms with Crippen LogP contribution in [0.1, 0.15) is 31.7 Å². The zero-order chi connectivity index (χ0) is 12.0. The lowest BCUT2D eigenvalue weighted by Crippen LogP contribution is -2.31. The van der Waals surface area contributed by atoms with E-state index in [1.807, 2.05) is 0 Å². The largest absolute Gasteiger partial charge is 0.347 e. The zero-order valence-electron chi connectivity index (χ0n) is 10.4. The average Bonchev–Trinajstić information content (AvgIpc) is 2.59. The molecule has 1 aromatic rings. The van der Waals surface area contributed by atoms with E-state index in [-0.39, 0.29) is 5.41 Å². The molecule has 0 fully saturated rings. The summed E-state index contributed by atoms with van der Waals surface area (Å²) in [6, 6.07) is 8.51. The maximum absolute atomic E-state index is 11.3. The van der Waals surface area contributed by atoms with Crippen molar-refractivity contribution in [3.8, 4) is 0 Å². The molecule has 0 amide bonds. The quantitative estimate of drug-likeness (QED) is 0.687. The number of carbonyl (C=O) groups excluding carboxylic acids is 1. The Balaban J connectivity index is 2.30. The van der Waals surface area contributed by atoms with Gasteiger partial charge in [0.05, 0.1) is 0 Å². The third-order valence-corrected chi connectivity index (χ3v) is 4.29. The Kier molecular flexibility index (Phi) is 2.15. The van der Waals surface area contributed by atoms with Crippen LogP contribution in [0, 0.1) is 0 Å². The smallest absolute Gasteiger partial charge is 0.147 e. The van der Waals surface area contributed by atoms with E-state index >= 15 is 0 Å². The maximum Gasteiger partial charge on any atom is 0.147 e.